The molecule has 0 fully saturated rings. The summed E-state index contributed by atoms with van der Waals surface area (Å²) in [6.07, 6.45) is -3.40. The zero-order valence-electron chi connectivity index (χ0n) is 10.1. The van der Waals surface area contributed by atoms with Gasteiger partial charge in [0.1, 0.15) is 0 Å². The molecule has 104 valence electrons. The Bertz CT molecular complexity index is 603. The minimum Gasteiger partial charge on any atom is -0.317 e. The Kier molecular flexibility index (Phi) is 4.24. The molecule has 2 aromatic rings. The lowest BCUT2D eigenvalue weighted by Crippen LogP contribution is -2.35. The third kappa shape index (κ3) is 3.71. The standard InChI is InChI=1S/C14H10F3NOS/c15-14(16,17)13(19)18-11(12-7-4-8-20-12)9-10-5-2-1-3-6-10/h1-9H,(H,18,19)/b11-9+. The number of amides is 1. The highest BCUT2D eigenvalue weighted by molar-refractivity contribution is 7.11. The Labute approximate surface area is 117 Å². The number of benzene rings is 1. The van der Waals surface area contributed by atoms with Gasteiger partial charge in [0.25, 0.3) is 0 Å². The van der Waals surface area contributed by atoms with E-state index in [0.717, 1.165) is 0 Å². The molecule has 0 aliphatic heterocycles. The molecule has 0 aliphatic rings. The predicted octanol–water partition coefficient (Wildman–Crippen LogP) is 3.92. The van der Waals surface area contributed by atoms with Gasteiger partial charge in [0.2, 0.25) is 0 Å². The van der Waals surface area contributed by atoms with E-state index in [1.54, 1.807) is 47.8 Å². The lowest BCUT2D eigenvalue weighted by Gasteiger charge is -2.10. The zero-order valence-corrected chi connectivity index (χ0v) is 11.0. The number of rotatable bonds is 3. The number of carbonyl (C=O) groups excluding carboxylic acids is 1. The normalized spacial score (nSPS) is 12.2. The Hall–Kier alpha value is -2.08. The molecule has 0 saturated carbocycles. The average Bonchev–Trinajstić information content (AvgIpc) is 2.92. The zero-order chi connectivity index (χ0) is 14.6. The van der Waals surface area contributed by atoms with Crippen LogP contribution >= 0.6 is 11.3 Å². The van der Waals surface area contributed by atoms with E-state index in [9.17, 15) is 18.0 Å². The molecule has 1 aromatic carbocycles. The molecule has 2 rings (SSSR count). The summed E-state index contributed by atoms with van der Waals surface area (Å²) in [5.41, 5.74) is 0.840. The topological polar surface area (TPSA) is 29.1 Å². The summed E-state index contributed by atoms with van der Waals surface area (Å²) in [6.45, 7) is 0. The quantitative estimate of drug-likeness (QED) is 0.914. The summed E-state index contributed by atoms with van der Waals surface area (Å²) >= 11 is 1.25. The van der Waals surface area contributed by atoms with Crippen molar-refractivity contribution in [2.45, 2.75) is 6.18 Å². The van der Waals surface area contributed by atoms with Gasteiger partial charge >= 0.3 is 12.1 Å². The summed E-state index contributed by atoms with van der Waals surface area (Å²) in [5, 5.41) is 3.65. The molecular weight excluding hydrogens is 287 g/mol. The highest BCUT2D eigenvalue weighted by Crippen LogP contribution is 2.23. The van der Waals surface area contributed by atoms with E-state index in [1.807, 2.05) is 5.32 Å². The first-order valence-corrected chi connectivity index (χ1v) is 6.53. The van der Waals surface area contributed by atoms with Crippen LogP contribution in [0.5, 0.6) is 0 Å². The largest absolute Gasteiger partial charge is 0.471 e. The van der Waals surface area contributed by atoms with Crippen molar-refractivity contribution in [3.05, 3.63) is 58.3 Å². The Morgan fingerprint density at radius 3 is 2.35 bits per heavy atom. The van der Waals surface area contributed by atoms with Crippen LogP contribution in [-0.4, -0.2) is 12.1 Å². The van der Waals surface area contributed by atoms with E-state index in [0.29, 0.717) is 10.4 Å². The van der Waals surface area contributed by atoms with Crippen LogP contribution in [0.4, 0.5) is 13.2 Å². The molecule has 2 nitrogen and oxygen atoms in total. The molecule has 20 heavy (non-hydrogen) atoms. The summed E-state index contributed by atoms with van der Waals surface area (Å²) in [6, 6.07) is 12.2. The highest BCUT2D eigenvalue weighted by Gasteiger charge is 2.39. The summed E-state index contributed by atoms with van der Waals surface area (Å²) in [7, 11) is 0. The summed E-state index contributed by atoms with van der Waals surface area (Å²) in [5.74, 6) is -1.98. The number of hydrogen-bond acceptors (Lipinski definition) is 2. The van der Waals surface area contributed by atoms with Gasteiger partial charge in [0.05, 0.1) is 10.6 Å². The predicted molar refractivity (Wildman–Crippen MR) is 72.8 cm³/mol. The van der Waals surface area contributed by atoms with Crippen LogP contribution in [0.15, 0.2) is 47.8 Å². The second-order valence-electron chi connectivity index (χ2n) is 3.90. The number of halogens is 3. The van der Waals surface area contributed by atoms with Gasteiger partial charge in [0, 0.05) is 0 Å². The van der Waals surface area contributed by atoms with Crippen LogP contribution in [-0.2, 0) is 4.79 Å². The first kappa shape index (κ1) is 14.3. The molecule has 1 aromatic heterocycles. The molecule has 6 heteroatoms. The highest BCUT2D eigenvalue weighted by atomic mass is 32.1. The number of thiophene rings is 1. The minimum absolute atomic E-state index is 0.133. The molecule has 0 saturated heterocycles. The fourth-order valence-electron chi connectivity index (χ4n) is 1.51. The van der Waals surface area contributed by atoms with Crippen molar-refractivity contribution >= 4 is 29.0 Å². The monoisotopic (exact) mass is 297 g/mol. The van der Waals surface area contributed by atoms with Gasteiger partial charge in [-0.15, -0.1) is 11.3 Å². The second-order valence-corrected chi connectivity index (χ2v) is 4.85. The van der Waals surface area contributed by atoms with Gasteiger partial charge in [-0.3, -0.25) is 4.79 Å². The fraction of sp³-hybridized carbons (Fsp3) is 0.0714. The third-order valence-corrected chi connectivity index (χ3v) is 3.31. The van der Waals surface area contributed by atoms with Gasteiger partial charge < -0.3 is 5.32 Å². The maximum atomic E-state index is 12.4. The third-order valence-electron chi connectivity index (χ3n) is 2.40. The molecule has 0 atom stereocenters. The van der Waals surface area contributed by atoms with Crippen molar-refractivity contribution in [1.82, 2.24) is 5.32 Å². The first-order chi connectivity index (χ1) is 9.47. The first-order valence-electron chi connectivity index (χ1n) is 5.65. The number of hydrogen-bond donors (Lipinski definition) is 1. The molecule has 0 radical (unpaired) electrons. The van der Waals surface area contributed by atoms with Crippen LogP contribution in [0.2, 0.25) is 0 Å². The van der Waals surface area contributed by atoms with Crippen LogP contribution in [0.1, 0.15) is 10.4 Å². The van der Waals surface area contributed by atoms with Gasteiger partial charge in [-0.05, 0) is 23.1 Å². The molecule has 1 N–H and O–H groups in total. The maximum Gasteiger partial charge on any atom is 0.471 e. The van der Waals surface area contributed by atoms with Gasteiger partial charge in [0.15, 0.2) is 0 Å². The van der Waals surface area contributed by atoms with Crippen LogP contribution < -0.4 is 5.32 Å². The molecular formula is C14H10F3NOS. The summed E-state index contributed by atoms with van der Waals surface area (Å²) < 4.78 is 37.1. The molecule has 0 spiro atoms. The van der Waals surface area contributed by atoms with Crippen molar-refractivity contribution in [1.29, 1.82) is 0 Å². The molecule has 1 heterocycles. The molecule has 1 amide bonds. The van der Waals surface area contributed by atoms with E-state index in [-0.39, 0.29) is 5.70 Å². The van der Waals surface area contributed by atoms with Crippen molar-refractivity contribution in [2.24, 2.45) is 0 Å². The second kappa shape index (κ2) is 5.92. The lowest BCUT2D eigenvalue weighted by molar-refractivity contribution is -0.172. The number of carbonyl (C=O) groups is 1. The molecule has 0 unspecified atom stereocenters. The van der Waals surface area contributed by atoms with Gasteiger partial charge in [-0.2, -0.15) is 13.2 Å². The Morgan fingerprint density at radius 1 is 1.10 bits per heavy atom. The average molecular weight is 297 g/mol. The van der Waals surface area contributed by atoms with E-state index in [1.165, 1.54) is 17.4 Å². The number of nitrogens with one attached hydrogen (secondary N) is 1. The van der Waals surface area contributed by atoms with Gasteiger partial charge in [-0.1, -0.05) is 36.4 Å². The minimum atomic E-state index is -4.91. The maximum absolute atomic E-state index is 12.4. The number of alkyl halides is 3. The molecule has 0 aliphatic carbocycles. The Morgan fingerprint density at radius 2 is 1.80 bits per heavy atom. The van der Waals surface area contributed by atoms with E-state index >= 15 is 0 Å². The van der Waals surface area contributed by atoms with E-state index in [4.69, 9.17) is 0 Å². The van der Waals surface area contributed by atoms with Crippen molar-refractivity contribution in [3.8, 4) is 0 Å². The van der Waals surface area contributed by atoms with Gasteiger partial charge in [-0.25, -0.2) is 0 Å². The van der Waals surface area contributed by atoms with E-state index < -0.39 is 12.1 Å². The van der Waals surface area contributed by atoms with E-state index in [2.05, 4.69) is 0 Å². The molecule has 0 bridgehead atoms. The SMILES string of the molecule is O=C(N/C(=C/c1ccccc1)c1cccs1)C(F)(F)F. The lowest BCUT2D eigenvalue weighted by atomic mass is 10.2. The smallest absolute Gasteiger partial charge is 0.317 e. The van der Waals surface area contributed by atoms with Crippen molar-refractivity contribution in [3.63, 3.8) is 0 Å². The fourth-order valence-corrected chi connectivity index (χ4v) is 2.21. The van der Waals surface area contributed by atoms with Crippen molar-refractivity contribution in [2.75, 3.05) is 0 Å². The summed E-state index contributed by atoms with van der Waals surface area (Å²) in [4.78, 5) is 11.6. The van der Waals surface area contributed by atoms with Crippen LogP contribution in [0, 0.1) is 0 Å². The van der Waals surface area contributed by atoms with Crippen LogP contribution in [0.25, 0.3) is 11.8 Å². The Balaban J connectivity index is 2.32. The van der Waals surface area contributed by atoms with Crippen LogP contribution in [0.3, 0.4) is 0 Å². The van der Waals surface area contributed by atoms with Crippen molar-refractivity contribution < 1.29 is 18.0 Å².